The molecule has 0 aliphatic heterocycles. The van der Waals surface area contributed by atoms with E-state index in [2.05, 4.69) is 27.2 Å². The molecule has 0 heteroatoms. The zero-order valence-corrected chi connectivity index (χ0v) is 6.28. The third-order valence-electron chi connectivity index (χ3n) is 1.55. The first-order valence-corrected chi connectivity index (χ1v) is 3.62. The van der Waals surface area contributed by atoms with Crippen LogP contribution in [0.5, 0.6) is 0 Å². The van der Waals surface area contributed by atoms with Crippen molar-refractivity contribution in [3.05, 3.63) is 6.42 Å². The largest absolute Gasteiger partial charge is 0.0651 e. The van der Waals surface area contributed by atoms with E-state index in [9.17, 15) is 0 Å². The molecule has 0 heterocycles. The van der Waals surface area contributed by atoms with Crippen molar-refractivity contribution in [2.45, 2.75) is 40.0 Å². The highest BCUT2D eigenvalue weighted by Crippen LogP contribution is 2.08. The van der Waals surface area contributed by atoms with Gasteiger partial charge in [0.15, 0.2) is 0 Å². The highest BCUT2D eigenvalue weighted by Gasteiger charge is 1.94. The summed E-state index contributed by atoms with van der Waals surface area (Å²) in [6.45, 7) is 6.74. The van der Waals surface area contributed by atoms with Gasteiger partial charge in [-0.25, -0.2) is 0 Å². The Morgan fingerprint density at radius 1 is 1.38 bits per heavy atom. The van der Waals surface area contributed by atoms with Gasteiger partial charge in [-0.1, -0.05) is 33.6 Å². The molecule has 0 saturated heterocycles. The molecule has 1 radical (unpaired) electrons. The van der Waals surface area contributed by atoms with E-state index in [0.717, 1.165) is 5.92 Å². The second-order valence-corrected chi connectivity index (χ2v) is 2.45. The first-order valence-electron chi connectivity index (χ1n) is 3.62. The Labute approximate surface area is 53.3 Å². The molecule has 0 aliphatic rings. The third-order valence-corrected chi connectivity index (χ3v) is 1.55. The zero-order valence-electron chi connectivity index (χ0n) is 6.28. The van der Waals surface area contributed by atoms with Crippen LogP contribution in [0.15, 0.2) is 0 Å². The fraction of sp³-hybridized carbons (Fsp3) is 0.875. The van der Waals surface area contributed by atoms with Crippen molar-refractivity contribution in [2.75, 3.05) is 0 Å². The highest BCUT2D eigenvalue weighted by molar-refractivity contribution is 4.64. The second-order valence-electron chi connectivity index (χ2n) is 2.45. The van der Waals surface area contributed by atoms with Crippen molar-refractivity contribution in [3.8, 4) is 0 Å². The summed E-state index contributed by atoms with van der Waals surface area (Å²) in [6, 6.07) is 0. The SMILES string of the molecule is CC[CH]CC(C)CC. The van der Waals surface area contributed by atoms with Gasteiger partial charge < -0.3 is 0 Å². The Balaban J connectivity index is 2.86. The molecule has 0 spiro atoms. The molecule has 0 fully saturated rings. The van der Waals surface area contributed by atoms with Gasteiger partial charge in [-0.3, -0.25) is 0 Å². The molecule has 0 aliphatic carbocycles. The molecule has 0 bridgehead atoms. The van der Waals surface area contributed by atoms with Crippen LogP contribution in [-0.4, -0.2) is 0 Å². The van der Waals surface area contributed by atoms with E-state index in [1.807, 2.05) is 0 Å². The standard InChI is InChI=1S/C8H17/c1-4-6-7-8(3)5-2/h6,8H,4-5,7H2,1-3H3. The normalized spacial score (nSPS) is 13.9. The van der Waals surface area contributed by atoms with E-state index < -0.39 is 0 Å². The van der Waals surface area contributed by atoms with Gasteiger partial charge in [0.25, 0.3) is 0 Å². The minimum Gasteiger partial charge on any atom is -0.0651 e. The van der Waals surface area contributed by atoms with Gasteiger partial charge in [0.1, 0.15) is 0 Å². The fourth-order valence-corrected chi connectivity index (χ4v) is 0.618. The van der Waals surface area contributed by atoms with Gasteiger partial charge in [-0.2, -0.15) is 0 Å². The van der Waals surface area contributed by atoms with Crippen molar-refractivity contribution in [3.63, 3.8) is 0 Å². The maximum Gasteiger partial charge on any atom is -0.0386 e. The number of unbranched alkanes of at least 4 members (excludes halogenated alkanes) is 1. The van der Waals surface area contributed by atoms with E-state index in [-0.39, 0.29) is 0 Å². The molecule has 0 rings (SSSR count). The van der Waals surface area contributed by atoms with E-state index in [1.165, 1.54) is 19.3 Å². The Hall–Kier alpha value is 0. The maximum absolute atomic E-state index is 2.36. The molecule has 0 aromatic carbocycles. The van der Waals surface area contributed by atoms with E-state index >= 15 is 0 Å². The molecular weight excluding hydrogens is 96.1 g/mol. The third kappa shape index (κ3) is 4.17. The van der Waals surface area contributed by atoms with Crippen LogP contribution in [0.4, 0.5) is 0 Å². The van der Waals surface area contributed by atoms with Crippen LogP contribution in [-0.2, 0) is 0 Å². The lowest BCUT2D eigenvalue weighted by atomic mass is 10.0. The average Bonchev–Trinajstić information content (AvgIpc) is 1.83. The van der Waals surface area contributed by atoms with Crippen molar-refractivity contribution < 1.29 is 0 Å². The summed E-state index contributed by atoms with van der Waals surface area (Å²) >= 11 is 0. The van der Waals surface area contributed by atoms with Crippen molar-refractivity contribution in [1.29, 1.82) is 0 Å². The molecule has 0 aromatic rings. The molecule has 0 saturated carbocycles. The first kappa shape index (κ1) is 8.00. The van der Waals surface area contributed by atoms with E-state index in [1.54, 1.807) is 0 Å². The van der Waals surface area contributed by atoms with Gasteiger partial charge in [0.05, 0.1) is 0 Å². The minimum atomic E-state index is 0.898. The van der Waals surface area contributed by atoms with Gasteiger partial charge in [-0.15, -0.1) is 0 Å². The molecule has 1 atom stereocenters. The lowest BCUT2D eigenvalue weighted by Gasteiger charge is -2.04. The molecule has 1 unspecified atom stereocenters. The van der Waals surface area contributed by atoms with Crippen molar-refractivity contribution >= 4 is 0 Å². The van der Waals surface area contributed by atoms with E-state index in [0.29, 0.717) is 0 Å². The summed E-state index contributed by atoms with van der Waals surface area (Å²) in [5.41, 5.74) is 0. The average molecular weight is 113 g/mol. The Kier molecular flexibility index (Phi) is 5.14. The maximum atomic E-state index is 2.36. The van der Waals surface area contributed by atoms with Crippen molar-refractivity contribution in [1.82, 2.24) is 0 Å². The second kappa shape index (κ2) is 5.14. The lowest BCUT2D eigenvalue weighted by molar-refractivity contribution is 0.547. The lowest BCUT2D eigenvalue weighted by Crippen LogP contribution is -1.90. The van der Waals surface area contributed by atoms with Gasteiger partial charge in [0, 0.05) is 0 Å². The predicted octanol–water partition coefficient (Wildman–Crippen LogP) is 3.04. The summed E-state index contributed by atoms with van der Waals surface area (Å²) in [7, 11) is 0. The molecule has 0 aromatic heterocycles. The van der Waals surface area contributed by atoms with Crippen LogP contribution >= 0.6 is 0 Å². The van der Waals surface area contributed by atoms with E-state index in [4.69, 9.17) is 0 Å². The molecule has 0 nitrogen and oxygen atoms in total. The van der Waals surface area contributed by atoms with Crippen LogP contribution < -0.4 is 0 Å². The van der Waals surface area contributed by atoms with Crippen LogP contribution in [0.2, 0.25) is 0 Å². The Bertz CT molecular complexity index is 39.3. The Morgan fingerprint density at radius 3 is 2.38 bits per heavy atom. The van der Waals surface area contributed by atoms with Crippen molar-refractivity contribution in [2.24, 2.45) is 5.92 Å². The summed E-state index contributed by atoms with van der Waals surface area (Å²) in [6.07, 6.45) is 6.20. The monoisotopic (exact) mass is 113 g/mol. The predicted molar refractivity (Wildman–Crippen MR) is 38.7 cm³/mol. The minimum absolute atomic E-state index is 0.898. The number of rotatable bonds is 4. The molecule has 8 heavy (non-hydrogen) atoms. The van der Waals surface area contributed by atoms with Crippen LogP contribution in [0.25, 0.3) is 0 Å². The van der Waals surface area contributed by atoms with Crippen LogP contribution in [0.1, 0.15) is 40.0 Å². The summed E-state index contributed by atoms with van der Waals surface area (Å²) in [5.74, 6) is 0.898. The molecule has 0 amide bonds. The van der Waals surface area contributed by atoms with Gasteiger partial charge in [0.2, 0.25) is 0 Å². The van der Waals surface area contributed by atoms with Crippen LogP contribution in [0.3, 0.4) is 0 Å². The fourth-order valence-electron chi connectivity index (χ4n) is 0.618. The smallest absolute Gasteiger partial charge is 0.0386 e. The van der Waals surface area contributed by atoms with Gasteiger partial charge >= 0.3 is 0 Å². The number of hydrogen-bond donors (Lipinski definition) is 0. The van der Waals surface area contributed by atoms with Crippen LogP contribution in [0, 0.1) is 12.3 Å². The van der Waals surface area contributed by atoms with Gasteiger partial charge in [-0.05, 0) is 18.8 Å². The quantitative estimate of drug-likeness (QED) is 0.525. The first-order chi connectivity index (χ1) is 3.81. The Morgan fingerprint density at radius 2 is 2.00 bits per heavy atom. The summed E-state index contributed by atoms with van der Waals surface area (Å²) < 4.78 is 0. The molecule has 49 valence electrons. The highest BCUT2D eigenvalue weighted by atomic mass is 14.0. The zero-order chi connectivity index (χ0) is 6.41. The topological polar surface area (TPSA) is 0 Å². The number of hydrogen-bond acceptors (Lipinski definition) is 0. The molecular formula is C8H17. The summed E-state index contributed by atoms with van der Waals surface area (Å²) in [4.78, 5) is 0. The summed E-state index contributed by atoms with van der Waals surface area (Å²) in [5, 5.41) is 0. The molecule has 0 N–H and O–H groups in total.